The average molecular weight is 539 g/mol. The first-order valence-corrected chi connectivity index (χ1v) is 12.8. The number of rotatable bonds is 6. The first-order valence-electron chi connectivity index (χ1n) is 11.2. The fourth-order valence-electron chi connectivity index (χ4n) is 4.09. The van der Waals surface area contributed by atoms with E-state index in [1.807, 2.05) is 13.0 Å². The largest absolute Gasteiger partial charge is 0.507 e. The molecule has 0 bridgehead atoms. The molecule has 3 aromatic carbocycles. The molecule has 6 nitrogen and oxygen atoms in total. The zero-order valence-electron chi connectivity index (χ0n) is 19.1. The van der Waals surface area contributed by atoms with Crippen molar-refractivity contribution >= 4 is 67.3 Å². The molecule has 1 saturated heterocycles. The van der Waals surface area contributed by atoms with Gasteiger partial charge in [0.25, 0.3) is 5.78 Å². The molecule has 2 heterocycles. The summed E-state index contributed by atoms with van der Waals surface area (Å²) >= 11 is 13.4. The molecular formula is C27H20Cl2N2O4S. The number of aromatic nitrogens is 1. The first-order chi connectivity index (χ1) is 17.4. The van der Waals surface area contributed by atoms with Gasteiger partial charge >= 0.3 is 5.91 Å². The van der Waals surface area contributed by atoms with Crippen LogP contribution in [0, 0.1) is 0 Å². The number of hydrogen-bond acceptors (Lipinski definition) is 6. The maximum absolute atomic E-state index is 13.4. The second-order valence-electron chi connectivity index (χ2n) is 8.21. The van der Waals surface area contributed by atoms with Crippen molar-refractivity contribution < 1.29 is 19.4 Å². The number of aliphatic hydroxyl groups excluding tert-OH is 1. The predicted octanol–water partition coefficient (Wildman–Crippen LogP) is 7.02. The number of benzene rings is 3. The number of hydrogen-bond donors (Lipinski definition) is 1. The van der Waals surface area contributed by atoms with Crippen LogP contribution < -0.4 is 9.64 Å². The molecule has 0 radical (unpaired) electrons. The Bertz CT molecular complexity index is 1510. The van der Waals surface area contributed by atoms with E-state index in [2.05, 4.69) is 4.98 Å². The Hall–Kier alpha value is -3.39. The summed E-state index contributed by atoms with van der Waals surface area (Å²) < 4.78 is 6.57. The van der Waals surface area contributed by atoms with Crippen LogP contribution in [0.25, 0.3) is 16.0 Å². The molecule has 1 amide bonds. The molecule has 1 N–H and O–H groups in total. The van der Waals surface area contributed by atoms with Crippen molar-refractivity contribution in [2.75, 3.05) is 11.5 Å². The van der Waals surface area contributed by atoms with Crippen LogP contribution in [0.4, 0.5) is 5.13 Å². The molecule has 1 aliphatic heterocycles. The summed E-state index contributed by atoms with van der Waals surface area (Å²) in [6, 6.07) is 17.9. The molecule has 182 valence electrons. The summed E-state index contributed by atoms with van der Waals surface area (Å²) in [5, 5.41) is 12.6. The third-order valence-electron chi connectivity index (χ3n) is 5.75. The molecule has 1 fully saturated rings. The van der Waals surface area contributed by atoms with Crippen LogP contribution in [0.1, 0.15) is 30.5 Å². The van der Waals surface area contributed by atoms with Gasteiger partial charge in [-0.05, 0) is 66.6 Å². The van der Waals surface area contributed by atoms with Gasteiger partial charge in [0.2, 0.25) is 0 Å². The molecule has 1 unspecified atom stereocenters. The summed E-state index contributed by atoms with van der Waals surface area (Å²) in [5.41, 5.74) is 1.59. The number of fused-ring (bicyclic) bond motifs is 1. The number of nitrogens with zero attached hydrogens (tertiary/aromatic N) is 2. The minimum absolute atomic E-state index is 0.0350. The molecule has 0 spiro atoms. The van der Waals surface area contributed by atoms with Crippen molar-refractivity contribution in [1.82, 2.24) is 4.98 Å². The highest BCUT2D eigenvalue weighted by atomic mass is 35.5. The number of aliphatic hydroxyl groups is 1. The quantitative estimate of drug-likeness (QED) is 0.162. The minimum Gasteiger partial charge on any atom is -0.507 e. The van der Waals surface area contributed by atoms with Gasteiger partial charge in [0.15, 0.2) is 5.13 Å². The van der Waals surface area contributed by atoms with E-state index in [9.17, 15) is 14.7 Å². The summed E-state index contributed by atoms with van der Waals surface area (Å²) in [6.45, 7) is 2.53. The van der Waals surface area contributed by atoms with E-state index in [1.54, 1.807) is 60.7 Å². The van der Waals surface area contributed by atoms with Crippen LogP contribution in [-0.4, -0.2) is 28.4 Å². The van der Waals surface area contributed by atoms with Crippen LogP contribution in [-0.2, 0) is 9.59 Å². The van der Waals surface area contributed by atoms with Crippen LogP contribution in [0.2, 0.25) is 10.0 Å². The molecule has 5 rings (SSSR count). The normalized spacial score (nSPS) is 17.2. The Kier molecular flexibility index (Phi) is 6.71. The predicted molar refractivity (Wildman–Crippen MR) is 143 cm³/mol. The van der Waals surface area contributed by atoms with Crippen molar-refractivity contribution in [2.24, 2.45) is 0 Å². The van der Waals surface area contributed by atoms with Gasteiger partial charge in [0.1, 0.15) is 11.5 Å². The van der Waals surface area contributed by atoms with Crippen LogP contribution in [0.3, 0.4) is 0 Å². The molecule has 1 atom stereocenters. The monoisotopic (exact) mass is 538 g/mol. The zero-order chi connectivity index (χ0) is 25.4. The van der Waals surface area contributed by atoms with E-state index < -0.39 is 17.7 Å². The molecule has 1 aromatic heterocycles. The highest BCUT2D eigenvalue weighted by Crippen LogP contribution is 2.45. The zero-order valence-corrected chi connectivity index (χ0v) is 21.4. The first kappa shape index (κ1) is 24.3. The van der Waals surface area contributed by atoms with E-state index in [4.69, 9.17) is 27.9 Å². The second kappa shape index (κ2) is 9.93. The smallest absolute Gasteiger partial charge is 0.301 e. The number of ketones is 1. The lowest BCUT2D eigenvalue weighted by molar-refractivity contribution is -0.132. The fraction of sp³-hybridized carbons (Fsp3) is 0.148. The van der Waals surface area contributed by atoms with Crippen molar-refractivity contribution in [3.63, 3.8) is 0 Å². The molecule has 1 aliphatic rings. The molecule has 36 heavy (non-hydrogen) atoms. The lowest BCUT2D eigenvalue weighted by Crippen LogP contribution is -2.29. The maximum Gasteiger partial charge on any atom is 0.301 e. The fourth-order valence-corrected chi connectivity index (χ4v) is 5.49. The SMILES string of the molecule is CCCOc1cccc(C2/C(=C(\O)c3ccc(Cl)cc3)C(=O)C(=O)N2c2nc3ccc(Cl)cc3s2)c1. The Morgan fingerprint density at radius 3 is 2.56 bits per heavy atom. The summed E-state index contributed by atoms with van der Waals surface area (Å²) in [7, 11) is 0. The third kappa shape index (κ3) is 4.46. The van der Waals surface area contributed by atoms with Crippen LogP contribution >= 0.6 is 34.5 Å². The molecule has 0 saturated carbocycles. The Morgan fingerprint density at radius 1 is 1.06 bits per heavy atom. The summed E-state index contributed by atoms with van der Waals surface area (Å²) in [5.74, 6) is -1.27. The van der Waals surface area contributed by atoms with Crippen molar-refractivity contribution in [3.05, 3.63) is 93.5 Å². The van der Waals surface area contributed by atoms with Gasteiger partial charge < -0.3 is 9.84 Å². The Labute approximate surface area is 221 Å². The van der Waals surface area contributed by atoms with Crippen molar-refractivity contribution in [2.45, 2.75) is 19.4 Å². The number of carbonyl (C=O) groups is 2. The van der Waals surface area contributed by atoms with Gasteiger partial charge in [-0.15, -0.1) is 0 Å². The van der Waals surface area contributed by atoms with E-state index in [0.29, 0.717) is 44.2 Å². The number of ether oxygens (including phenoxy) is 1. The number of thiazole rings is 1. The van der Waals surface area contributed by atoms with Crippen LogP contribution in [0.5, 0.6) is 5.75 Å². The number of amides is 1. The van der Waals surface area contributed by atoms with Gasteiger partial charge in [-0.1, -0.05) is 53.6 Å². The van der Waals surface area contributed by atoms with Gasteiger partial charge in [-0.2, -0.15) is 0 Å². The topological polar surface area (TPSA) is 79.7 Å². The lowest BCUT2D eigenvalue weighted by Gasteiger charge is -2.23. The number of anilines is 1. The highest BCUT2D eigenvalue weighted by molar-refractivity contribution is 7.22. The van der Waals surface area contributed by atoms with Crippen molar-refractivity contribution in [3.8, 4) is 5.75 Å². The summed E-state index contributed by atoms with van der Waals surface area (Å²) in [6.07, 6.45) is 0.827. The van der Waals surface area contributed by atoms with Gasteiger partial charge in [0.05, 0.1) is 28.4 Å². The van der Waals surface area contributed by atoms with E-state index in [-0.39, 0.29) is 11.3 Å². The minimum atomic E-state index is -0.915. The van der Waals surface area contributed by atoms with E-state index in [1.165, 1.54) is 16.2 Å². The summed E-state index contributed by atoms with van der Waals surface area (Å²) in [4.78, 5) is 32.7. The molecule has 0 aliphatic carbocycles. The van der Waals surface area contributed by atoms with Gasteiger partial charge in [-0.25, -0.2) is 4.98 Å². The Balaban J connectivity index is 1.70. The van der Waals surface area contributed by atoms with Crippen LogP contribution in [0.15, 0.2) is 72.3 Å². The third-order valence-corrected chi connectivity index (χ3v) is 7.26. The molecule has 9 heteroatoms. The standard InChI is InChI=1S/C27H20Cl2N2O4S/c1-2-12-35-19-5-3-4-16(13-19)23-22(24(32)15-6-8-17(28)9-7-15)25(33)26(34)31(23)27-30-20-11-10-18(29)14-21(20)36-27/h3-11,13-14,23,32H,2,12H2,1H3/b24-22+. The van der Waals surface area contributed by atoms with Gasteiger partial charge in [-0.3, -0.25) is 14.5 Å². The Morgan fingerprint density at radius 2 is 1.81 bits per heavy atom. The molecule has 4 aromatic rings. The van der Waals surface area contributed by atoms with E-state index >= 15 is 0 Å². The number of halogens is 2. The van der Waals surface area contributed by atoms with Gasteiger partial charge in [0, 0.05) is 15.6 Å². The number of carbonyl (C=O) groups excluding carboxylic acids is 2. The van der Waals surface area contributed by atoms with E-state index in [0.717, 1.165) is 11.1 Å². The average Bonchev–Trinajstić information content (AvgIpc) is 3.40. The number of Topliss-reactive ketones (excluding diaryl/α,β-unsaturated/α-hetero) is 1. The van der Waals surface area contributed by atoms with Crippen molar-refractivity contribution in [1.29, 1.82) is 0 Å². The molecular weight excluding hydrogens is 519 g/mol. The lowest BCUT2D eigenvalue weighted by atomic mass is 9.95. The second-order valence-corrected chi connectivity index (χ2v) is 10.1. The highest BCUT2D eigenvalue weighted by Gasteiger charge is 2.48. The maximum atomic E-state index is 13.4.